The average Bonchev–Trinajstić information content (AvgIpc) is 2.76. The van der Waals surface area contributed by atoms with Crippen molar-refractivity contribution in [2.45, 2.75) is 43.2 Å². The second-order valence-electron chi connectivity index (χ2n) is 8.92. The summed E-state index contributed by atoms with van der Waals surface area (Å²) in [6.45, 7) is 3.76. The van der Waals surface area contributed by atoms with E-state index in [2.05, 4.69) is 25.7 Å². The van der Waals surface area contributed by atoms with Crippen LogP contribution in [0.15, 0.2) is 53.4 Å². The maximum absolute atomic E-state index is 13.6. The fraction of sp³-hybridized carbons (Fsp3) is 0.400. The highest BCUT2D eigenvalue weighted by atomic mass is 32.2. The van der Waals surface area contributed by atoms with Crippen LogP contribution < -0.4 is 0 Å². The predicted molar refractivity (Wildman–Crippen MR) is 122 cm³/mol. The smallest absolute Gasteiger partial charge is 0.243 e. The van der Waals surface area contributed by atoms with Gasteiger partial charge in [0, 0.05) is 24.4 Å². The molecule has 1 amide bonds. The molecule has 4 rings (SSSR count). The van der Waals surface area contributed by atoms with Crippen LogP contribution in [0.4, 0.5) is 4.39 Å². The molecule has 6 nitrogen and oxygen atoms in total. The van der Waals surface area contributed by atoms with Crippen molar-refractivity contribution in [3.63, 3.8) is 0 Å². The van der Waals surface area contributed by atoms with Crippen LogP contribution >= 0.6 is 0 Å². The average molecular weight is 471 g/mol. The lowest BCUT2D eigenvalue weighted by molar-refractivity contribution is -0.158. The number of aliphatic hydroxyl groups is 1. The van der Waals surface area contributed by atoms with E-state index in [0.29, 0.717) is 5.92 Å². The number of carbonyl (C=O) groups is 1. The van der Waals surface area contributed by atoms with Gasteiger partial charge >= 0.3 is 0 Å². The molecule has 174 valence electrons. The molecule has 2 heterocycles. The van der Waals surface area contributed by atoms with E-state index in [4.69, 9.17) is 0 Å². The molecule has 0 aromatic heterocycles. The number of rotatable bonds is 5. The molecule has 33 heavy (non-hydrogen) atoms. The summed E-state index contributed by atoms with van der Waals surface area (Å²) in [6, 6.07) is 11.7. The molecule has 0 aliphatic carbocycles. The summed E-state index contributed by atoms with van der Waals surface area (Å²) >= 11 is 0. The molecule has 2 aromatic rings. The van der Waals surface area contributed by atoms with Crippen LogP contribution in [0.2, 0.25) is 0 Å². The fourth-order valence-electron chi connectivity index (χ4n) is 4.58. The van der Waals surface area contributed by atoms with Crippen molar-refractivity contribution >= 4 is 15.9 Å². The minimum atomic E-state index is -4.03. The molecule has 8 heteroatoms. The van der Waals surface area contributed by atoms with E-state index >= 15 is 0 Å². The zero-order chi connectivity index (χ0) is 23.8. The number of sulfonamides is 1. The highest BCUT2D eigenvalue weighted by Crippen LogP contribution is 2.43. The Kier molecular flexibility index (Phi) is 6.57. The van der Waals surface area contributed by atoms with Crippen molar-refractivity contribution in [2.75, 3.05) is 19.7 Å². The van der Waals surface area contributed by atoms with Gasteiger partial charge in [0.15, 0.2) is 0 Å². The first-order chi connectivity index (χ1) is 15.7. The van der Waals surface area contributed by atoms with Gasteiger partial charge in [-0.2, -0.15) is 4.31 Å². The Labute approximate surface area is 194 Å². The molecule has 0 unspecified atom stereocenters. The van der Waals surface area contributed by atoms with Gasteiger partial charge < -0.3 is 10.0 Å². The molecule has 1 N–H and O–H groups in total. The first-order valence-corrected chi connectivity index (χ1v) is 12.4. The number of halogens is 1. The molecule has 0 bridgehead atoms. The predicted octanol–water partition coefficient (Wildman–Crippen LogP) is 2.58. The van der Waals surface area contributed by atoms with Gasteiger partial charge in [-0.15, -0.1) is 0 Å². The van der Waals surface area contributed by atoms with Crippen LogP contribution in [0, 0.1) is 23.6 Å². The number of nitrogens with zero attached hydrogens (tertiary/aromatic N) is 2. The molecule has 2 fully saturated rings. The van der Waals surface area contributed by atoms with E-state index in [1.807, 2.05) is 24.3 Å². The van der Waals surface area contributed by atoms with E-state index in [9.17, 15) is 22.7 Å². The molecule has 0 radical (unpaired) electrons. The number of hydrogen-bond donors (Lipinski definition) is 1. The largest absolute Gasteiger partial charge is 0.394 e. The molecule has 0 spiro atoms. The van der Waals surface area contributed by atoms with Gasteiger partial charge in [0.05, 0.1) is 30.1 Å². The lowest BCUT2D eigenvalue weighted by Gasteiger charge is -2.58. The van der Waals surface area contributed by atoms with Crippen LogP contribution in [-0.4, -0.2) is 60.4 Å². The van der Waals surface area contributed by atoms with Crippen LogP contribution in [0.1, 0.15) is 37.3 Å². The Morgan fingerprint density at radius 1 is 1.18 bits per heavy atom. The quantitative estimate of drug-likeness (QED) is 0.682. The molecule has 3 atom stereocenters. The number of amides is 1. The molecule has 0 saturated carbocycles. The van der Waals surface area contributed by atoms with Crippen molar-refractivity contribution in [2.24, 2.45) is 5.92 Å². The maximum atomic E-state index is 13.6. The molecule has 2 saturated heterocycles. The standard InChI is InChI=1S/C25H27FN2O4S/c1-17(2)5-3-6-18-9-11-19(12-10-18)25-22-14-27(15-24(30)28(22)23(25)16-29)33(31,32)21-8-4-7-20(26)13-21/h4,7-13,17,22-23,25,29H,5,14-16H2,1-2H3/t22-,23+,25-/m1/s1. The second kappa shape index (κ2) is 9.26. The van der Waals surface area contributed by atoms with Gasteiger partial charge in [0.2, 0.25) is 15.9 Å². The maximum Gasteiger partial charge on any atom is 0.243 e. The van der Waals surface area contributed by atoms with Crippen LogP contribution in [0.3, 0.4) is 0 Å². The van der Waals surface area contributed by atoms with Crippen molar-refractivity contribution < 1.29 is 22.7 Å². The van der Waals surface area contributed by atoms with Crippen LogP contribution in [-0.2, 0) is 14.8 Å². The first-order valence-electron chi connectivity index (χ1n) is 11.0. The fourth-order valence-corrected chi connectivity index (χ4v) is 6.01. The van der Waals surface area contributed by atoms with E-state index in [0.717, 1.165) is 27.9 Å². The Morgan fingerprint density at radius 3 is 2.55 bits per heavy atom. The van der Waals surface area contributed by atoms with Gasteiger partial charge in [0.1, 0.15) is 5.82 Å². The summed E-state index contributed by atoms with van der Waals surface area (Å²) in [5.41, 5.74) is 1.80. The zero-order valence-corrected chi connectivity index (χ0v) is 19.4. The van der Waals surface area contributed by atoms with Gasteiger partial charge in [-0.1, -0.05) is 43.9 Å². The number of carbonyl (C=O) groups excluding carboxylic acids is 1. The summed E-state index contributed by atoms with van der Waals surface area (Å²) in [7, 11) is -4.03. The van der Waals surface area contributed by atoms with Gasteiger partial charge in [-0.3, -0.25) is 4.79 Å². The van der Waals surface area contributed by atoms with Crippen molar-refractivity contribution in [1.29, 1.82) is 0 Å². The summed E-state index contributed by atoms with van der Waals surface area (Å²) < 4.78 is 40.9. The van der Waals surface area contributed by atoms with Gasteiger partial charge in [-0.25, -0.2) is 12.8 Å². The minimum absolute atomic E-state index is 0.0850. The van der Waals surface area contributed by atoms with Crippen LogP contribution in [0.25, 0.3) is 0 Å². The zero-order valence-electron chi connectivity index (χ0n) is 18.6. The molecular weight excluding hydrogens is 443 g/mol. The Hall–Kier alpha value is -2.73. The number of aliphatic hydroxyl groups excluding tert-OH is 1. The minimum Gasteiger partial charge on any atom is -0.394 e. The van der Waals surface area contributed by atoms with Crippen molar-refractivity contribution in [3.05, 3.63) is 65.5 Å². The van der Waals surface area contributed by atoms with Crippen molar-refractivity contribution in [1.82, 2.24) is 9.21 Å². The lowest BCUT2D eigenvalue weighted by atomic mass is 9.74. The highest BCUT2D eigenvalue weighted by Gasteiger charge is 2.55. The van der Waals surface area contributed by atoms with E-state index in [-0.39, 0.29) is 36.4 Å². The Bertz CT molecular complexity index is 1200. The summed E-state index contributed by atoms with van der Waals surface area (Å²) in [5, 5.41) is 9.94. The third kappa shape index (κ3) is 4.54. The van der Waals surface area contributed by atoms with E-state index < -0.39 is 27.9 Å². The number of benzene rings is 2. The molecule has 2 aromatic carbocycles. The third-order valence-corrected chi connectivity index (χ3v) is 8.00. The van der Waals surface area contributed by atoms with Crippen molar-refractivity contribution in [3.8, 4) is 11.8 Å². The monoisotopic (exact) mass is 470 g/mol. The second-order valence-corrected chi connectivity index (χ2v) is 10.9. The molecule has 2 aliphatic rings. The number of fused-ring (bicyclic) bond motifs is 1. The summed E-state index contributed by atoms with van der Waals surface area (Å²) in [4.78, 5) is 14.2. The van der Waals surface area contributed by atoms with Crippen LogP contribution in [0.5, 0.6) is 0 Å². The van der Waals surface area contributed by atoms with E-state index in [1.165, 1.54) is 18.2 Å². The molecule has 2 aliphatic heterocycles. The highest BCUT2D eigenvalue weighted by molar-refractivity contribution is 7.89. The van der Waals surface area contributed by atoms with Gasteiger partial charge in [0.25, 0.3) is 0 Å². The number of hydrogen-bond acceptors (Lipinski definition) is 4. The SMILES string of the molecule is CC(C)CC#Cc1ccc([C@@H]2[C@H]3CN(S(=O)(=O)c4cccc(F)c4)CC(=O)N3[C@H]2CO)cc1. The topological polar surface area (TPSA) is 77.9 Å². The summed E-state index contributed by atoms with van der Waals surface area (Å²) in [6.07, 6.45) is 0.811. The third-order valence-electron chi connectivity index (χ3n) is 6.19. The normalized spacial score (nSPS) is 23.0. The van der Waals surface area contributed by atoms with Gasteiger partial charge in [-0.05, 0) is 41.8 Å². The first kappa shape index (κ1) is 23.4. The Balaban J connectivity index is 1.57. The summed E-state index contributed by atoms with van der Waals surface area (Å²) in [5.74, 6) is 5.56. The van der Waals surface area contributed by atoms with E-state index in [1.54, 1.807) is 4.90 Å². The molecular formula is C25H27FN2O4S. The lowest BCUT2D eigenvalue weighted by Crippen LogP contribution is -2.73. The number of piperazine rings is 1. The Morgan fingerprint density at radius 2 is 1.91 bits per heavy atom.